The molecule has 0 aliphatic heterocycles. The zero-order valence-electron chi connectivity index (χ0n) is 10.8. The number of halogens is 1. The van der Waals surface area contributed by atoms with Gasteiger partial charge in [0.15, 0.2) is 0 Å². The van der Waals surface area contributed by atoms with Crippen molar-refractivity contribution >= 4 is 21.6 Å². The highest BCUT2D eigenvalue weighted by Gasteiger charge is 2.33. The van der Waals surface area contributed by atoms with E-state index < -0.39 is 0 Å². The van der Waals surface area contributed by atoms with Crippen LogP contribution < -0.4 is 4.90 Å². The lowest BCUT2D eigenvalue weighted by molar-refractivity contribution is 0.356. The van der Waals surface area contributed by atoms with Crippen LogP contribution in [0.2, 0.25) is 0 Å². The van der Waals surface area contributed by atoms with Crippen LogP contribution in [0.4, 0.5) is 5.69 Å². The summed E-state index contributed by atoms with van der Waals surface area (Å²) in [5.41, 5.74) is 2.29. The van der Waals surface area contributed by atoms with Crippen molar-refractivity contribution in [2.24, 2.45) is 5.41 Å². The van der Waals surface area contributed by atoms with Gasteiger partial charge in [0.05, 0.1) is 11.6 Å². The van der Waals surface area contributed by atoms with Crippen molar-refractivity contribution in [3.63, 3.8) is 0 Å². The van der Waals surface area contributed by atoms with Gasteiger partial charge in [-0.05, 0) is 36.5 Å². The topological polar surface area (TPSA) is 27.0 Å². The highest BCUT2D eigenvalue weighted by atomic mass is 79.9. The van der Waals surface area contributed by atoms with Crippen molar-refractivity contribution in [2.45, 2.75) is 25.7 Å². The first-order valence-corrected chi connectivity index (χ1v) is 7.58. The van der Waals surface area contributed by atoms with Crippen molar-refractivity contribution in [2.75, 3.05) is 23.8 Å². The maximum atomic E-state index is 8.95. The number of hydrogen-bond acceptors (Lipinski definition) is 2. The van der Waals surface area contributed by atoms with Gasteiger partial charge in [0.25, 0.3) is 0 Å². The van der Waals surface area contributed by atoms with Crippen LogP contribution >= 0.6 is 15.9 Å². The molecule has 1 aromatic rings. The first-order valence-electron chi connectivity index (χ1n) is 6.46. The second-order valence-electron chi connectivity index (χ2n) is 5.36. The molecule has 0 atom stereocenters. The van der Waals surface area contributed by atoms with Crippen molar-refractivity contribution in [1.29, 1.82) is 5.26 Å². The number of alkyl halides is 1. The molecular weight excluding hydrogens is 288 g/mol. The minimum atomic E-state index is 0.414. The van der Waals surface area contributed by atoms with Crippen LogP contribution in [0, 0.1) is 16.7 Å². The summed E-state index contributed by atoms with van der Waals surface area (Å²) in [5, 5.41) is 10.0. The van der Waals surface area contributed by atoms with Gasteiger partial charge < -0.3 is 4.90 Å². The molecule has 1 aliphatic rings. The molecule has 0 spiro atoms. The zero-order chi connectivity index (χ0) is 13.0. The highest BCUT2D eigenvalue weighted by Crippen LogP contribution is 2.40. The minimum absolute atomic E-state index is 0.414. The molecule has 1 aliphatic carbocycles. The lowest BCUT2D eigenvalue weighted by Crippen LogP contribution is -2.35. The molecule has 1 saturated carbocycles. The van der Waals surface area contributed by atoms with Crippen LogP contribution in [-0.2, 0) is 0 Å². The first-order chi connectivity index (χ1) is 8.69. The Labute approximate surface area is 118 Å². The molecule has 18 heavy (non-hydrogen) atoms. The van der Waals surface area contributed by atoms with E-state index in [0.717, 1.165) is 23.1 Å². The quantitative estimate of drug-likeness (QED) is 0.788. The van der Waals surface area contributed by atoms with Gasteiger partial charge >= 0.3 is 0 Å². The van der Waals surface area contributed by atoms with Gasteiger partial charge in [0.1, 0.15) is 0 Å². The van der Waals surface area contributed by atoms with Gasteiger partial charge in [-0.3, -0.25) is 0 Å². The van der Waals surface area contributed by atoms with E-state index in [1.54, 1.807) is 0 Å². The molecule has 0 unspecified atom stereocenters. The predicted octanol–water partition coefficient (Wildman–Crippen LogP) is 3.95. The molecule has 0 amide bonds. The molecule has 0 heterocycles. The van der Waals surface area contributed by atoms with Crippen molar-refractivity contribution in [1.82, 2.24) is 0 Å². The highest BCUT2D eigenvalue weighted by molar-refractivity contribution is 9.09. The van der Waals surface area contributed by atoms with Gasteiger partial charge in [-0.25, -0.2) is 0 Å². The SMILES string of the molecule is CN(CC1(CBr)CCCC1)c1cccc(C#N)c1. The Morgan fingerprint density at radius 3 is 2.72 bits per heavy atom. The minimum Gasteiger partial charge on any atom is -0.374 e. The first kappa shape index (κ1) is 13.4. The average Bonchev–Trinajstić information content (AvgIpc) is 2.88. The molecule has 0 bridgehead atoms. The summed E-state index contributed by atoms with van der Waals surface area (Å²) < 4.78 is 0. The second kappa shape index (κ2) is 5.75. The molecule has 0 N–H and O–H groups in total. The molecule has 1 aromatic carbocycles. The molecule has 0 saturated heterocycles. The molecule has 0 radical (unpaired) electrons. The predicted molar refractivity (Wildman–Crippen MR) is 79.1 cm³/mol. The van der Waals surface area contributed by atoms with Crippen LogP contribution in [0.25, 0.3) is 0 Å². The number of benzene rings is 1. The zero-order valence-corrected chi connectivity index (χ0v) is 12.4. The van der Waals surface area contributed by atoms with Crippen LogP contribution in [0.1, 0.15) is 31.2 Å². The van der Waals surface area contributed by atoms with E-state index in [4.69, 9.17) is 5.26 Å². The number of hydrogen-bond donors (Lipinski definition) is 0. The van der Waals surface area contributed by atoms with E-state index in [1.165, 1.54) is 25.7 Å². The second-order valence-corrected chi connectivity index (χ2v) is 5.92. The van der Waals surface area contributed by atoms with E-state index in [2.05, 4.69) is 40.0 Å². The summed E-state index contributed by atoms with van der Waals surface area (Å²) in [6.45, 7) is 1.06. The average molecular weight is 307 g/mol. The largest absolute Gasteiger partial charge is 0.374 e. The van der Waals surface area contributed by atoms with Crippen LogP contribution in [0.5, 0.6) is 0 Å². The lowest BCUT2D eigenvalue weighted by Gasteiger charge is -2.33. The van der Waals surface area contributed by atoms with Gasteiger partial charge in [-0.15, -0.1) is 0 Å². The van der Waals surface area contributed by atoms with Gasteiger partial charge in [0.2, 0.25) is 0 Å². The van der Waals surface area contributed by atoms with Gasteiger partial charge in [-0.2, -0.15) is 5.26 Å². The fourth-order valence-corrected chi connectivity index (χ4v) is 3.60. The number of nitrogens with zero attached hydrogens (tertiary/aromatic N) is 2. The number of nitriles is 1. The van der Waals surface area contributed by atoms with Crippen molar-refractivity contribution in [3.8, 4) is 6.07 Å². The Bertz CT molecular complexity index is 444. The Morgan fingerprint density at radius 2 is 2.11 bits per heavy atom. The molecule has 96 valence electrons. The molecule has 2 nitrogen and oxygen atoms in total. The fraction of sp³-hybridized carbons (Fsp3) is 0.533. The van der Waals surface area contributed by atoms with Gasteiger partial charge in [0, 0.05) is 24.6 Å². The van der Waals surface area contributed by atoms with E-state index in [0.29, 0.717) is 5.41 Å². The van der Waals surface area contributed by atoms with Crippen molar-refractivity contribution in [3.05, 3.63) is 29.8 Å². The molecule has 2 rings (SSSR count). The smallest absolute Gasteiger partial charge is 0.0992 e. The summed E-state index contributed by atoms with van der Waals surface area (Å²) in [6, 6.07) is 10.1. The Morgan fingerprint density at radius 1 is 1.39 bits per heavy atom. The molecule has 0 aromatic heterocycles. The maximum absolute atomic E-state index is 8.95. The third kappa shape index (κ3) is 2.87. The van der Waals surface area contributed by atoms with E-state index in [9.17, 15) is 0 Å². The monoisotopic (exact) mass is 306 g/mol. The Balaban J connectivity index is 2.11. The Hall–Kier alpha value is -1.01. The summed E-state index contributed by atoms with van der Waals surface area (Å²) in [4.78, 5) is 2.29. The Kier molecular flexibility index (Phi) is 4.29. The third-order valence-electron chi connectivity index (χ3n) is 3.94. The number of rotatable bonds is 4. The van der Waals surface area contributed by atoms with E-state index in [-0.39, 0.29) is 0 Å². The standard InChI is InChI=1S/C15H19BrN2/c1-18(12-15(11-16)7-2-3-8-15)14-6-4-5-13(9-14)10-17/h4-6,9H,2-3,7-8,11-12H2,1H3. The summed E-state index contributed by atoms with van der Waals surface area (Å²) in [5.74, 6) is 0. The van der Waals surface area contributed by atoms with Crippen LogP contribution in [-0.4, -0.2) is 18.9 Å². The summed E-state index contributed by atoms with van der Waals surface area (Å²) >= 11 is 3.68. The van der Waals surface area contributed by atoms with E-state index >= 15 is 0 Å². The van der Waals surface area contributed by atoms with E-state index in [1.807, 2.05) is 18.2 Å². The lowest BCUT2D eigenvalue weighted by atomic mass is 9.88. The van der Waals surface area contributed by atoms with Crippen molar-refractivity contribution < 1.29 is 0 Å². The number of anilines is 1. The maximum Gasteiger partial charge on any atom is 0.0992 e. The normalized spacial score (nSPS) is 17.4. The molecular formula is C15H19BrN2. The van der Waals surface area contributed by atoms with Gasteiger partial charge in [-0.1, -0.05) is 34.8 Å². The molecule has 3 heteroatoms. The summed E-state index contributed by atoms with van der Waals surface area (Å²) in [7, 11) is 2.12. The fourth-order valence-electron chi connectivity index (χ4n) is 2.87. The van der Waals surface area contributed by atoms with Crippen LogP contribution in [0.3, 0.4) is 0 Å². The summed E-state index contributed by atoms with van der Waals surface area (Å²) in [6.07, 6.45) is 5.30. The third-order valence-corrected chi connectivity index (χ3v) is 5.13. The van der Waals surface area contributed by atoms with Crippen LogP contribution in [0.15, 0.2) is 24.3 Å². The molecule has 1 fully saturated rings.